The lowest BCUT2D eigenvalue weighted by molar-refractivity contribution is -0.142. The second kappa shape index (κ2) is 5.88. The molecule has 96 valence electrons. The number of alkyl halides is 3. The van der Waals surface area contributed by atoms with Gasteiger partial charge in [0.1, 0.15) is 12.4 Å². The third-order valence-electron chi connectivity index (χ3n) is 2.09. The zero-order valence-corrected chi connectivity index (χ0v) is 9.45. The van der Waals surface area contributed by atoms with Crippen molar-refractivity contribution in [1.82, 2.24) is 0 Å². The van der Waals surface area contributed by atoms with E-state index in [1.807, 2.05) is 0 Å². The highest BCUT2D eigenvalue weighted by Gasteiger charge is 2.34. The summed E-state index contributed by atoms with van der Waals surface area (Å²) >= 11 is 0. The summed E-state index contributed by atoms with van der Waals surface area (Å²) in [5, 5.41) is 0. The molecule has 0 radical (unpaired) electrons. The molecule has 17 heavy (non-hydrogen) atoms. The largest absolute Gasteiger partial charge is 0.488 e. The number of halogens is 3. The lowest BCUT2D eigenvalue weighted by Crippen LogP contribution is -2.23. The summed E-state index contributed by atoms with van der Waals surface area (Å²) in [6, 6.07) is 4.99. The molecule has 0 bridgehead atoms. The van der Waals surface area contributed by atoms with Crippen molar-refractivity contribution < 1.29 is 27.4 Å². The first kappa shape index (κ1) is 13.8. The first-order chi connectivity index (χ1) is 7.99. The van der Waals surface area contributed by atoms with E-state index in [4.69, 9.17) is 14.2 Å². The fraction of sp³-hybridized carbons (Fsp3) is 0.455. The number of hydrogen-bond acceptors (Lipinski definition) is 3. The minimum absolute atomic E-state index is 0.111. The molecule has 0 saturated carbocycles. The van der Waals surface area contributed by atoms with E-state index in [2.05, 4.69) is 0 Å². The predicted octanol–water partition coefficient (Wildman–Crippen LogP) is 2.70. The van der Waals surface area contributed by atoms with E-state index in [1.165, 1.54) is 32.4 Å². The molecule has 0 saturated heterocycles. The number of methoxy groups -OCH3 is 2. The smallest absolute Gasteiger partial charge is 0.419 e. The Hall–Kier alpha value is -1.27. The molecule has 0 atom stereocenters. The maximum absolute atomic E-state index is 12.6. The van der Waals surface area contributed by atoms with Crippen LogP contribution in [0.3, 0.4) is 0 Å². The first-order valence-corrected chi connectivity index (χ1v) is 4.83. The van der Waals surface area contributed by atoms with Gasteiger partial charge in [0.15, 0.2) is 6.29 Å². The highest BCUT2D eigenvalue weighted by molar-refractivity contribution is 5.35. The van der Waals surface area contributed by atoms with Crippen molar-refractivity contribution >= 4 is 0 Å². The molecule has 0 spiro atoms. The van der Waals surface area contributed by atoms with Gasteiger partial charge in [0.2, 0.25) is 0 Å². The van der Waals surface area contributed by atoms with E-state index in [9.17, 15) is 13.2 Å². The lowest BCUT2D eigenvalue weighted by Gasteiger charge is -2.17. The lowest BCUT2D eigenvalue weighted by atomic mass is 10.2. The maximum atomic E-state index is 12.6. The second-order valence-corrected chi connectivity index (χ2v) is 3.21. The van der Waals surface area contributed by atoms with Gasteiger partial charge in [-0.15, -0.1) is 0 Å². The molecule has 3 nitrogen and oxygen atoms in total. The Morgan fingerprint density at radius 3 is 2.24 bits per heavy atom. The van der Waals surface area contributed by atoms with Gasteiger partial charge < -0.3 is 14.2 Å². The zero-order valence-electron chi connectivity index (χ0n) is 9.45. The molecule has 0 amide bonds. The van der Waals surface area contributed by atoms with Crippen LogP contribution < -0.4 is 4.74 Å². The van der Waals surface area contributed by atoms with E-state index < -0.39 is 18.0 Å². The Morgan fingerprint density at radius 1 is 1.12 bits per heavy atom. The third kappa shape index (κ3) is 3.90. The van der Waals surface area contributed by atoms with Crippen molar-refractivity contribution in [3.63, 3.8) is 0 Å². The molecule has 0 aromatic heterocycles. The molecule has 0 aliphatic carbocycles. The summed E-state index contributed by atoms with van der Waals surface area (Å²) in [5.41, 5.74) is -0.814. The van der Waals surface area contributed by atoms with E-state index in [1.54, 1.807) is 0 Å². The molecule has 0 aliphatic heterocycles. The summed E-state index contributed by atoms with van der Waals surface area (Å²) in [5.74, 6) is -0.237. The van der Waals surface area contributed by atoms with Crippen LogP contribution in [0, 0.1) is 0 Å². The van der Waals surface area contributed by atoms with Crippen LogP contribution in [0.2, 0.25) is 0 Å². The molecule has 0 N–H and O–H groups in total. The fourth-order valence-corrected chi connectivity index (χ4v) is 1.22. The molecule has 0 unspecified atom stereocenters. The highest BCUT2D eigenvalue weighted by atomic mass is 19.4. The minimum atomic E-state index is -4.44. The van der Waals surface area contributed by atoms with Crippen molar-refractivity contribution in [1.29, 1.82) is 0 Å². The van der Waals surface area contributed by atoms with Gasteiger partial charge in [0.05, 0.1) is 5.56 Å². The van der Waals surface area contributed by atoms with E-state index in [0.717, 1.165) is 6.07 Å². The van der Waals surface area contributed by atoms with E-state index in [0.29, 0.717) is 0 Å². The van der Waals surface area contributed by atoms with Gasteiger partial charge in [0, 0.05) is 14.2 Å². The van der Waals surface area contributed by atoms with Crippen molar-refractivity contribution in [3.8, 4) is 5.75 Å². The van der Waals surface area contributed by atoms with Crippen molar-refractivity contribution in [2.45, 2.75) is 12.5 Å². The predicted molar refractivity (Wildman–Crippen MR) is 54.7 cm³/mol. The second-order valence-electron chi connectivity index (χ2n) is 3.21. The SMILES string of the molecule is COC(COc1ccccc1C(F)(F)F)OC. The summed E-state index contributed by atoms with van der Waals surface area (Å²) in [6.07, 6.45) is -5.14. The summed E-state index contributed by atoms with van der Waals surface area (Å²) < 4.78 is 52.5. The molecule has 6 heteroatoms. The summed E-state index contributed by atoms with van der Waals surface area (Å²) in [4.78, 5) is 0. The third-order valence-corrected chi connectivity index (χ3v) is 2.09. The molecule has 1 aromatic carbocycles. The van der Waals surface area contributed by atoms with Crippen molar-refractivity contribution in [3.05, 3.63) is 29.8 Å². The first-order valence-electron chi connectivity index (χ1n) is 4.83. The van der Waals surface area contributed by atoms with E-state index in [-0.39, 0.29) is 12.4 Å². The van der Waals surface area contributed by atoms with Crippen LogP contribution >= 0.6 is 0 Å². The Bertz CT molecular complexity index is 348. The minimum Gasteiger partial charge on any atom is -0.488 e. The molecule has 1 aromatic rings. The number of para-hydroxylation sites is 1. The van der Waals surface area contributed by atoms with Gasteiger partial charge >= 0.3 is 6.18 Å². The average molecular weight is 250 g/mol. The number of ether oxygens (including phenoxy) is 3. The Kier molecular flexibility index (Phi) is 4.77. The number of rotatable bonds is 5. The van der Waals surface area contributed by atoms with Crippen LogP contribution in [-0.2, 0) is 15.7 Å². The van der Waals surface area contributed by atoms with Crippen LogP contribution in [0.1, 0.15) is 5.56 Å². The summed E-state index contributed by atoms with van der Waals surface area (Å²) in [7, 11) is 2.76. The van der Waals surface area contributed by atoms with Crippen LogP contribution in [0.15, 0.2) is 24.3 Å². The average Bonchev–Trinajstić information content (AvgIpc) is 2.29. The van der Waals surface area contributed by atoms with Gasteiger partial charge in [-0.25, -0.2) is 0 Å². The normalized spacial score (nSPS) is 11.9. The number of benzene rings is 1. The molecular weight excluding hydrogens is 237 g/mol. The molecular formula is C11H13F3O3. The quantitative estimate of drug-likeness (QED) is 0.752. The maximum Gasteiger partial charge on any atom is 0.419 e. The molecule has 0 heterocycles. The van der Waals surface area contributed by atoms with E-state index >= 15 is 0 Å². The summed E-state index contributed by atoms with van der Waals surface area (Å²) in [6.45, 7) is -0.111. The van der Waals surface area contributed by atoms with Crippen LogP contribution in [0.4, 0.5) is 13.2 Å². The molecule has 0 fully saturated rings. The Labute approximate surface area is 97.1 Å². The monoisotopic (exact) mass is 250 g/mol. The van der Waals surface area contributed by atoms with Crippen LogP contribution in [-0.4, -0.2) is 27.1 Å². The topological polar surface area (TPSA) is 27.7 Å². The Morgan fingerprint density at radius 2 is 1.71 bits per heavy atom. The van der Waals surface area contributed by atoms with Gasteiger partial charge in [-0.1, -0.05) is 12.1 Å². The molecule has 0 aliphatic rings. The fourth-order valence-electron chi connectivity index (χ4n) is 1.22. The van der Waals surface area contributed by atoms with Crippen molar-refractivity contribution in [2.75, 3.05) is 20.8 Å². The van der Waals surface area contributed by atoms with Gasteiger partial charge in [-0.05, 0) is 12.1 Å². The zero-order chi connectivity index (χ0) is 12.9. The van der Waals surface area contributed by atoms with Gasteiger partial charge in [0.25, 0.3) is 0 Å². The van der Waals surface area contributed by atoms with Gasteiger partial charge in [-0.2, -0.15) is 13.2 Å². The standard InChI is InChI=1S/C11H13F3O3/c1-15-10(16-2)7-17-9-6-4-3-5-8(9)11(12,13)14/h3-6,10H,7H2,1-2H3. The Balaban J connectivity index is 2.77. The number of hydrogen-bond donors (Lipinski definition) is 0. The van der Waals surface area contributed by atoms with Gasteiger partial charge in [-0.3, -0.25) is 0 Å². The molecule has 1 rings (SSSR count). The highest BCUT2D eigenvalue weighted by Crippen LogP contribution is 2.35. The van der Waals surface area contributed by atoms with Crippen LogP contribution in [0.25, 0.3) is 0 Å². The van der Waals surface area contributed by atoms with Crippen molar-refractivity contribution in [2.24, 2.45) is 0 Å². The van der Waals surface area contributed by atoms with Crippen LogP contribution in [0.5, 0.6) is 5.75 Å².